The zero-order chi connectivity index (χ0) is 16.4. The average Bonchev–Trinajstić information content (AvgIpc) is 2.63. The first kappa shape index (κ1) is 16.4. The van der Waals surface area contributed by atoms with E-state index in [1.807, 2.05) is 0 Å². The Bertz CT molecular complexity index is 667. The standard InChI is InChI=1S/C21H22BrP/c1-18(2)23(22,19-12-6-3-7-13-19,20-14-8-4-9-15-20)21-16-10-5-11-17-21/h3-18H,1-2H3. The molecule has 0 spiro atoms. The maximum absolute atomic E-state index is 4.41. The van der Waals surface area contributed by atoms with E-state index in [4.69, 9.17) is 0 Å². The molecule has 0 saturated heterocycles. The molecule has 0 heterocycles. The van der Waals surface area contributed by atoms with E-state index in [0.29, 0.717) is 5.66 Å². The third-order valence-electron chi connectivity index (χ3n) is 4.75. The van der Waals surface area contributed by atoms with Crippen LogP contribution < -0.4 is 15.9 Å². The number of hydrogen-bond donors (Lipinski definition) is 0. The molecule has 0 aliphatic carbocycles. The molecule has 2 heteroatoms. The fourth-order valence-electron chi connectivity index (χ4n) is 3.50. The van der Waals surface area contributed by atoms with Crippen LogP contribution in [0.1, 0.15) is 13.8 Å². The van der Waals surface area contributed by atoms with Gasteiger partial charge in [-0.1, -0.05) is 0 Å². The van der Waals surface area contributed by atoms with E-state index in [1.54, 1.807) is 0 Å². The van der Waals surface area contributed by atoms with E-state index in [2.05, 4.69) is 120 Å². The fourth-order valence-corrected chi connectivity index (χ4v) is 10.6. The molecule has 0 fully saturated rings. The summed E-state index contributed by atoms with van der Waals surface area (Å²) in [5.41, 5.74) is 0.438. The van der Waals surface area contributed by atoms with Gasteiger partial charge in [0.15, 0.2) is 0 Å². The second kappa shape index (κ2) is 6.23. The molecule has 0 N–H and O–H groups in total. The molecule has 23 heavy (non-hydrogen) atoms. The molecular weight excluding hydrogens is 363 g/mol. The Morgan fingerprint density at radius 3 is 1.04 bits per heavy atom. The van der Waals surface area contributed by atoms with Gasteiger partial charge in [0, 0.05) is 0 Å². The molecular formula is C21H22BrP. The van der Waals surface area contributed by atoms with Crippen molar-refractivity contribution in [1.82, 2.24) is 0 Å². The molecule has 0 atom stereocenters. The van der Waals surface area contributed by atoms with Crippen molar-refractivity contribution in [2.75, 3.05) is 0 Å². The number of halogens is 1. The third-order valence-corrected chi connectivity index (χ3v) is 16.8. The van der Waals surface area contributed by atoms with Crippen LogP contribution in [0.5, 0.6) is 0 Å². The van der Waals surface area contributed by atoms with Crippen molar-refractivity contribution in [2.24, 2.45) is 0 Å². The van der Waals surface area contributed by atoms with Crippen molar-refractivity contribution < 1.29 is 0 Å². The van der Waals surface area contributed by atoms with Crippen molar-refractivity contribution in [3.8, 4) is 0 Å². The van der Waals surface area contributed by atoms with Gasteiger partial charge < -0.3 is 0 Å². The molecule has 0 nitrogen and oxygen atoms in total. The Hall–Kier alpha value is -1.43. The summed E-state index contributed by atoms with van der Waals surface area (Å²) in [5, 5.41) is 1.44. The van der Waals surface area contributed by atoms with Crippen molar-refractivity contribution >= 4 is 36.7 Å². The van der Waals surface area contributed by atoms with E-state index < -0.39 is 5.31 Å². The normalized spacial score (nSPS) is 13.5. The molecule has 0 radical (unpaired) electrons. The van der Waals surface area contributed by atoms with Crippen molar-refractivity contribution in [3.63, 3.8) is 0 Å². The Kier molecular flexibility index (Phi) is 4.45. The third kappa shape index (κ3) is 2.38. The molecule has 0 aliphatic rings. The minimum absolute atomic E-state index is 0.438. The summed E-state index contributed by atoms with van der Waals surface area (Å²) in [5.74, 6) is 0. The van der Waals surface area contributed by atoms with E-state index in [0.717, 1.165) is 0 Å². The summed E-state index contributed by atoms with van der Waals surface area (Å²) in [6.07, 6.45) is 0. The number of rotatable bonds is 4. The molecule has 3 aromatic rings. The molecule has 0 unspecified atom stereocenters. The zero-order valence-electron chi connectivity index (χ0n) is 13.6. The monoisotopic (exact) mass is 384 g/mol. The molecule has 3 rings (SSSR count). The van der Waals surface area contributed by atoms with Crippen LogP contribution in [-0.4, -0.2) is 5.66 Å². The van der Waals surface area contributed by atoms with Gasteiger partial charge in [0.1, 0.15) is 0 Å². The van der Waals surface area contributed by atoms with Crippen molar-refractivity contribution in [2.45, 2.75) is 19.5 Å². The average molecular weight is 385 g/mol. The molecule has 0 amide bonds. The van der Waals surface area contributed by atoms with Crippen LogP contribution in [0.25, 0.3) is 0 Å². The van der Waals surface area contributed by atoms with Gasteiger partial charge in [0.25, 0.3) is 0 Å². The first-order valence-corrected chi connectivity index (χ1v) is 12.3. The van der Waals surface area contributed by atoms with Crippen molar-refractivity contribution in [1.29, 1.82) is 0 Å². The quantitative estimate of drug-likeness (QED) is 0.540. The maximum atomic E-state index is 4.41. The minimum atomic E-state index is -2.70. The Balaban J connectivity index is 2.47. The predicted molar refractivity (Wildman–Crippen MR) is 109 cm³/mol. The van der Waals surface area contributed by atoms with E-state index in [9.17, 15) is 0 Å². The van der Waals surface area contributed by atoms with Gasteiger partial charge in [-0.2, -0.15) is 0 Å². The molecule has 0 bridgehead atoms. The summed E-state index contributed by atoms with van der Waals surface area (Å²) in [6, 6.07) is 32.8. The SMILES string of the molecule is CC(C)P(Br)(c1ccccc1)(c1ccccc1)c1ccccc1. The van der Waals surface area contributed by atoms with Crippen LogP contribution in [0.2, 0.25) is 0 Å². The van der Waals surface area contributed by atoms with Crippen LogP contribution in [0.15, 0.2) is 91.0 Å². The van der Waals surface area contributed by atoms with Gasteiger partial charge in [-0.15, -0.1) is 0 Å². The van der Waals surface area contributed by atoms with E-state index in [-0.39, 0.29) is 0 Å². The number of hydrogen-bond acceptors (Lipinski definition) is 0. The summed E-state index contributed by atoms with van der Waals surface area (Å²) >= 11 is 4.41. The molecule has 0 aromatic heterocycles. The zero-order valence-corrected chi connectivity index (χ0v) is 16.0. The Labute approximate surface area is 147 Å². The summed E-state index contributed by atoms with van der Waals surface area (Å²) in [6.45, 7) is 4.67. The molecule has 0 saturated carbocycles. The Morgan fingerprint density at radius 2 is 0.826 bits per heavy atom. The molecule has 118 valence electrons. The van der Waals surface area contributed by atoms with Gasteiger partial charge >= 0.3 is 147 Å². The van der Waals surface area contributed by atoms with E-state index in [1.165, 1.54) is 15.9 Å². The summed E-state index contributed by atoms with van der Waals surface area (Å²) in [7, 11) is 0. The van der Waals surface area contributed by atoms with E-state index >= 15 is 0 Å². The van der Waals surface area contributed by atoms with Crippen LogP contribution >= 0.6 is 20.8 Å². The first-order chi connectivity index (χ1) is 11.1. The van der Waals surface area contributed by atoms with Gasteiger partial charge in [0.05, 0.1) is 0 Å². The van der Waals surface area contributed by atoms with Crippen molar-refractivity contribution in [3.05, 3.63) is 91.0 Å². The molecule has 3 aromatic carbocycles. The predicted octanol–water partition coefficient (Wildman–Crippen LogP) is 5.23. The van der Waals surface area contributed by atoms with Gasteiger partial charge in [-0.25, -0.2) is 0 Å². The Morgan fingerprint density at radius 1 is 0.565 bits per heavy atom. The van der Waals surface area contributed by atoms with Gasteiger partial charge in [0.2, 0.25) is 0 Å². The first-order valence-electron chi connectivity index (χ1n) is 7.98. The number of benzene rings is 3. The summed E-state index contributed by atoms with van der Waals surface area (Å²) in [4.78, 5) is 0. The second-order valence-electron chi connectivity index (χ2n) is 6.17. The van der Waals surface area contributed by atoms with Crippen LogP contribution in [-0.2, 0) is 0 Å². The van der Waals surface area contributed by atoms with Gasteiger partial charge in [-0.3, -0.25) is 0 Å². The van der Waals surface area contributed by atoms with Gasteiger partial charge in [-0.05, 0) is 0 Å². The van der Waals surface area contributed by atoms with Crippen LogP contribution in [0.3, 0.4) is 0 Å². The second-order valence-corrected chi connectivity index (χ2v) is 15.3. The summed E-state index contributed by atoms with van der Waals surface area (Å²) < 4.78 is 0. The van der Waals surface area contributed by atoms with Crippen LogP contribution in [0, 0.1) is 0 Å². The molecule has 0 aliphatic heterocycles. The fraction of sp³-hybridized carbons (Fsp3) is 0.143. The van der Waals surface area contributed by atoms with Crippen LogP contribution in [0.4, 0.5) is 0 Å². The topological polar surface area (TPSA) is 0 Å².